The van der Waals surface area contributed by atoms with E-state index in [9.17, 15) is 0 Å². The zero-order valence-electron chi connectivity index (χ0n) is 12.1. The molecule has 0 aromatic heterocycles. The van der Waals surface area contributed by atoms with Crippen LogP contribution in [0.1, 0.15) is 53.4 Å². The summed E-state index contributed by atoms with van der Waals surface area (Å²) in [4.78, 5) is 0. The van der Waals surface area contributed by atoms with E-state index in [0.29, 0.717) is 12.2 Å². The number of rotatable bonds is 1. The van der Waals surface area contributed by atoms with Gasteiger partial charge in [0.25, 0.3) is 0 Å². The Morgan fingerprint density at radius 1 is 0.778 bits per heavy atom. The van der Waals surface area contributed by atoms with E-state index < -0.39 is 0 Å². The third kappa shape index (κ3) is 1.54. The van der Waals surface area contributed by atoms with Gasteiger partial charge in [0.1, 0.15) is 0 Å². The molecule has 0 amide bonds. The first-order chi connectivity index (χ1) is 8.41. The van der Waals surface area contributed by atoms with E-state index in [1.807, 2.05) is 0 Å². The van der Waals surface area contributed by atoms with Crippen molar-refractivity contribution in [1.29, 1.82) is 0 Å². The monoisotopic (exact) mass is 250 g/mol. The van der Waals surface area contributed by atoms with Crippen LogP contribution in [0.5, 0.6) is 0 Å². The largest absolute Gasteiger partial charge is 0.366 e. The lowest BCUT2D eigenvalue weighted by atomic mass is 9.61. The van der Waals surface area contributed by atoms with Crippen molar-refractivity contribution in [1.82, 2.24) is 0 Å². The maximum Gasteiger partial charge on any atom is 0.0923 e. The molecule has 0 N–H and O–H groups in total. The van der Waals surface area contributed by atoms with E-state index in [2.05, 4.69) is 27.7 Å². The Bertz CT molecular complexity index is 345. The molecule has 2 heteroatoms. The minimum atomic E-state index is 0.235. The highest BCUT2D eigenvalue weighted by molar-refractivity contribution is 5.11. The molecule has 2 aliphatic heterocycles. The van der Waals surface area contributed by atoms with Crippen molar-refractivity contribution < 1.29 is 9.47 Å². The Balaban J connectivity index is 1.54. The first kappa shape index (κ1) is 11.7. The second kappa shape index (κ2) is 3.32. The van der Waals surface area contributed by atoms with E-state index in [4.69, 9.17) is 9.47 Å². The fraction of sp³-hybridized carbons (Fsp3) is 1.00. The smallest absolute Gasteiger partial charge is 0.0923 e. The maximum absolute atomic E-state index is 5.92. The number of ether oxygens (including phenoxy) is 2. The van der Waals surface area contributed by atoms with Gasteiger partial charge in [-0.25, -0.2) is 0 Å². The van der Waals surface area contributed by atoms with Gasteiger partial charge in [0.2, 0.25) is 0 Å². The summed E-state index contributed by atoms with van der Waals surface area (Å²) in [7, 11) is 0. The Kier molecular flexibility index (Phi) is 2.16. The minimum absolute atomic E-state index is 0.235. The third-order valence-electron chi connectivity index (χ3n) is 6.54. The van der Waals surface area contributed by atoms with Crippen LogP contribution in [0.15, 0.2) is 0 Å². The molecule has 8 unspecified atom stereocenters. The van der Waals surface area contributed by atoms with Crippen molar-refractivity contribution in [3.05, 3.63) is 0 Å². The Labute approximate surface area is 110 Å². The molecular formula is C16H26O2. The molecule has 0 spiro atoms. The fourth-order valence-electron chi connectivity index (χ4n) is 5.05. The van der Waals surface area contributed by atoms with E-state index >= 15 is 0 Å². The molecule has 2 heterocycles. The summed E-state index contributed by atoms with van der Waals surface area (Å²) in [6.45, 7) is 9.53. The highest BCUT2D eigenvalue weighted by Crippen LogP contribution is 2.59. The second-order valence-electron chi connectivity index (χ2n) is 8.00. The highest BCUT2D eigenvalue weighted by Gasteiger charge is 2.63. The van der Waals surface area contributed by atoms with Crippen molar-refractivity contribution in [2.75, 3.05) is 0 Å². The molecule has 0 aromatic carbocycles. The average molecular weight is 250 g/mol. The van der Waals surface area contributed by atoms with Gasteiger partial charge in [-0.05, 0) is 63.2 Å². The molecule has 2 saturated carbocycles. The molecule has 2 aliphatic carbocycles. The molecule has 0 aromatic rings. The highest BCUT2D eigenvalue weighted by atomic mass is 16.6. The lowest BCUT2D eigenvalue weighted by Gasteiger charge is -2.41. The Hall–Kier alpha value is -0.0800. The Morgan fingerprint density at radius 3 is 1.56 bits per heavy atom. The van der Waals surface area contributed by atoms with Crippen molar-refractivity contribution >= 4 is 0 Å². The van der Waals surface area contributed by atoms with Crippen molar-refractivity contribution in [2.45, 2.75) is 76.8 Å². The van der Waals surface area contributed by atoms with E-state index in [1.165, 1.54) is 25.7 Å². The number of hydrogen-bond acceptors (Lipinski definition) is 2. The van der Waals surface area contributed by atoms with Crippen LogP contribution >= 0.6 is 0 Å². The summed E-state index contributed by atoms with van der Waals surface area (Å²) < 4.78 is 11.8. The average Bonchev–Trinajstić information content (AvgIpc) is 3.12. The maximum atomic E-state index is 5.92. The molecule has 4 fully saturated rings. The summed E-state index contributed by atoms with van der Waals surface area (Å²) in [5.74, 6) is 3.37. The van der Waals surface area contributed by atoms with Crippen LogP contribution in [-0.2, 0) is 9.47 Å². The van der Waals surface area contributed by atoms with Crippen LogP contribution in [0.25, 0.3) is 0 Å². The molecule has 0 radical (unpaired) electrons. The van der Waals surface area contributed by atoms with Crippen LogP contribution in [0.4, 0.5) is 0 Å². The molecule has 18 heavy (non-hydrogen) atoms. The van der Waals surface area contributed by atoms with Gasteiger partial charge in [-0.2, -0.15) is 0 Å². The van der Waals surface area contributed by atoms with Crippen LogP contribution in [0.3, 0.4) is 0 Å². The SMILES string of the molecule is CC1CC2OC2(C)CC1C1CC2(C)OC2CC1C. The molecular weight excluding hydrogens is 224 g/mol. The predicted molar refractivity (Wildman–Crippen MR) is 70.3 cm³/mol. The first-order valence-electron chi connectivity index (χ1n) is 7.77. The molecule has 2 saturated heterocycles. The van der Waals surface area contributed by atoms with Crippen LogP contribution in [0, 0.1) is 23.7 Å². The fourth-order valence-corrected chi connectivity index (χ4v) is 5.05. The summed E-state index contributed by atoms with van der Waals surface area (Å²) in [6, 6.07) is 0. The number of hydrogen-bond donors (Lipinski definition) is 0. The normalized spacial score (nSPS) is 66.0. The molecule has 8 atom stereocenters. The summed E-state index contributed by atoms with van der Waals surface area (Å²) in [5, 5.41) is 0. The predicted octanol–water partition coefficient (Wildman–Crippen LogP) is 3.39. The van der Waals surface area contributed by atoms with Crippen molar-refractivity contribution in [3.63, 3.8) is 0 Å². The standard InChI is InChI=1S/C16H26O2/c1-9-5-13-15(3,17-13)7-11(9)12-8-16(4)14(18-16)6-10(12)2/h9-14H,5-8H2,1-4H3. The van der Waals surface area contributed by atoms with Gasteiger partial charge in [0.15, 0.2) is 0 Å². The molecule has 2 nitrogen and oxygen atoms in total. The zero-order chi connectivity index (χ0) is 12.7. The Morgan fingerprint density at radius 2 is 1.17 bits per heavy atom. The van der Waals surface area contributed by atoms with Crippen molar-refractivity contribution in [3.8, 4) is 0 Å². The minimum Gasteiger partial charge on any atom is -0.366 e. The van der Waals surface area contributed by atoms with Crippen LogP contribution in [-0.4, -0.2) is 23.4 Å². The van der Waals surface area contributed by atoms with E-state index in [1.54, 1.807) is 0 Å². The van der Waals surface area contributed by atoms with Crippen LogP contribution < -0.4 is 0 Å². The quantitative estimate of drug-likeness (QED) is 0.666. The summed E-state index contributed by atoms with van der Waals surface area (Å²) in [6.07, 6.45) is 6.28. The van der Waals surface area contributed by atoms with Gasteiger partial charge in [-0.1, -0.05) is 13.8 Å². The van der Waals surface area contributed by atoms with Gasteiger partial charge in [0, 0.05) is 0 Å². The molecule has 102 valence electrons. The lowest BCUT2D eigenvalue weighted by Crippen LogP contribution is -2.40. The summed E-state index contributed by atoms with van der Waals surface area (Å²) in [5.41, 5.74) is 0.470. The molecule has 4 aliphatic rings. The van der Waals surface area contributed by atoms with Gasteiger partial charge in [0.05, 0.1) is 23.4 Å². The first-order valence-corrected chi connectivity index (χ1v) is 7.77. The van der Waals surface area contributed by atoms with Gasteiger partial charge in [-0.3, -0.25) is 0 Å². The topological polar surface area (TPSA) is 25.1 Å². The van der Waals surface area contributed by atoms with Crippen LogP contribution in [0.2, 0.25) is 0 Å². The molecule has 4 rings (SSSR count). The van der Waals surface area contributed by atoms with Crippen molar-refractivity contribution in [2.24, 2.45) is 23.7 Å². The van der Waals surface area contributed by atoms with Gasteiger partial charge in [-0.15, -0.1) is 0 Å². The number of epoxide rings is 2. The number of fused-ring (bicyclic) bond motifs is 2. The van der Waals surface area contributed by atoms with E-state index in [0.717, 1.165) is 23.7 Å². The van der Waals surface area contributed by atoms with Gasteiger partial charge >= 0.3 is 0 Å². The van der Waals surface area contributed by atoms with E-state index in [-0.39, 0.29) is 11.2 Å². The summed E-state index contributed by atoms with van der Waals surface area (Å²) >= 11 is 0. The lowest BCUT2D eigenvalue weighted by molar-refractivity contribution is 0.0871. The zero-order valence-corrected chi connectivity index (χ0v) is 12.1. The van der Waals surface area contributed by atoms with Gasteiger partial charge < -0.3 is 9.47 Å². The third-order valence-corrected chi connectivity index (χ3v) is 6.54. The second-order valence-corrected chi connectivity index (χ2v) is 8.00. The molecule has 0 bridgehead atoms.